The molecule has 100 valence electrons. The summed E-state index contributed by atoms with van der Waals surface area (Å²) in [5.41, 5.74) is 1.36. The highest BCUT2D eigenvalue weighted by molar-refractivity contribution is 5.42. The SMILES string of the molecule is CCCN(c1ccccn1)C(CC)c1ccccc1. The number of hydrogen-bond donors (Lipinski definition) is 0. The molecule has 0 fully saturated rings. The van der Waals surface area contributed by atoms with E-state index in [-0.39, 0.29) is 0 Å². The van der Waals surface area contributed by atoms with Gasteiger partial charge in [-0.05, 0) is 30.5 Å². The lowest BCUT2D eigenvalue weighted by Gasteiger charge is -2.32. The zero-order valence-corrected chi connectivity index (χ0v) is 11.8. The van der Waals surface area contributed by atoms with Gasteiger partial charge in [-0.3, -0.25) is 0 Å². The predicted molar refractivity (Wildman–Crippen MR) is 81.3 cm³/mol. The zero-order chi connectivity index (χ0) is 13.5. The van der Waals surface area contributed by atoms with E-state index in [2.05, 4.69) is 66.2 Å². The molecule has 0 aliphatic carbocycles. The summed E-state index contributed by atoms with van der Waals surface area (Å²) in [5, 5.41) is 0. The van der Waals surface area contributed by atoms with Gasteiger partial charge in [0.2, 0.25) is 0 Å². The van der Waals surface area contributed by atoms with Crippen molar-refractivity contribution >= 4 is 5.82 Å². The van der Waals surface area contributed by atoms with Gasteiger partial charge >= 0.3 is 0 Å². The van der Waals surface area contributed by atoms with Gasteiger partial charge in [-0.1, -0.05) is 50.2 Å². The van der Waals surface area contributed by atoms with Crippen molar-refractivity contribution in [1.29, 1.82) is 0 Å². The Bertz CT molecular complexity index is 467. The van der Waals surface area contributed by atoms with Gasteiger partial charge in [-0.15, -0.1) is 0 Å². The molecule has 0 N–H and O–H groups in total. The molecule has 0 saturated heterocycles. The van der Waals surface area contributed by atoms with E-state index in [1.165, 1.54) is 5.56 Å². The van der Waals surface area contributed by atoms with E-state index < -0.39 is 0 Å². The first-order valence-corrected chi connectivity index (χ1v) is 7.09. The van der Waals surface area contributed by atoms with E-state index in [1.54, 1.807) is 0 Å². The molecule has 2 aromatic rings. The highest BCUT2D eigenvalue weighted by Gasteiger charge is 2.18. The van der Waals surface area contributed by atoms with Crippen molar-refractivity contribution in [3.63, 3.8) is 0 Å². The molecular weight excluding hydrogens is 232 g/mol. The first-order valence-electron chi connectivity index (χ1n) is 7.09. The largest absolute Gasteiger partial charge is 0.350 e. The van der Waals surface area contributed by atoms with Crippen molar-refractivity contribution in [3.05, 3.63) is 60.3 Å². The fraction of sp³-hybridized carbons (Fsp3) is 0.353. The second kappa shape index (κ2) is 6.93. The average Bonchev–Trinajstić information content (AvgIpc) is 2.49. The Kier molecular flexibility index (Phi) is 4.96. The third-order valence-electron chi connectivity index (χ3n) is 3.36. The predicted octanol–water partition coefficient (Wildman–Crippen LogP) is 4.45. The van der Waals surface area contributed by atoms with E-state index in [0.717, 1.165) is 25.2 Å². The van der Waals surface area contributed by atoms with Crippen LogP contribution < -0.4 is 4.90 Å². The van der Waals surface area contributed by atoms with Gasteiger partial charge in [0.25, 0.3) is 0 Å². The van der Waals surface area contributed by atoms with Crippen LogP contribution in [0.5, 0.6) is 0 Å². The van der Waals surface area contributed by atoms with Gasteiger partial charge in [0.15, 0.2) is 0 Å². The molecular formula is C17H22N2. The van der Waals surface area contributed by atoms with Crippen molar-refractivity contribution in [2.75, 3.05) is 11.4 Å². The Balaban J connectivity index is 2.31. The van der Waals surface area contributed by atoms with Crippen molar-refractivity contribution in [2.24, 2.45) is 0 Å². The van der Waals surface area contributed by atoms with Crippen LogP contribution in [0.25, 0.3) is 0 Å². The molecule has 19 heavy (non-hydrogen) atoms. The van der Waals surface area contributed by atoms with Crippen LogP contribution in [0.3, 0.4) is 0 Å². The van der Waals surface area contributed by atoms with Crippen LogP contribution >= 0.6 is 0 Å². The summed E-state index contributed by atoms with van der Waals surface area (Å²) in [5.74, 6) is 1.07. The van der Waals surface area contributed by atoms with Crippen molar-refractivity contribution in [1.82, 2.24) is 4.98 Å². The van der Waals surface area contributed by atoms with Crippen LogP contribution in [-0.4, -0.2) is 11.5 Å². The molecule has 0 saturated carbocycles. The fourth-order valence-electron chi connectivity index (χ4n) is 2.51. The maximum Gasteiger partial charge on any atom is 0.128 e. The minimum absolute atomic E-state index is 0.399. The number of nitrogens with zero attached hydrogens (tertiary/aromatic N) is 2. The molecule has 0 radical (unpaired) electrons. The summed E-state index contributed by atoms with van der Waals surface area (Å²) >= 11 is 0. The highest BCUT2D eigenvalue weighted by atomic mass is 15.2. The molecule has 2 heteroatoms. The molecule has 2 rings (SSSR count). The molecule has 0 aliphatic rings. The molecule has 1 heterocycles. The first kappa shape index (κ1) is 13.6. The Morgan fingerprint density at radius 1 is 1.00 bits per heavy atom. The van der Waals surface area contributed by atoms with Crippen LogP contribution in [0.15, 0.2) is 54.7 Å². The Morgan fingerprint density at radius 2 is 1.74 bits per heavy atom. The summed E-state index contributed by atoms with van der Waals surface area (Å²) in [6, 6.07) is 17.2. The average molecular weight is 254 g/mol. The monoisotopic (exact) mass is 254 g/mol. The lowest BCUT2D eigenvalue weighted by atomic mass is 10.0. The Labute approximate surface area is 116 Å². The number of anilines is 1. The van der Waals surface area contributed by atoms with Crippen LogP contribution in [0.2, 0.25) is 0 Å². The van der Waals surface area contributed by atoms with E-state index >= 15 is 0 Å². The molecule has 0 spiro atoms. The smallest absolute Gasteiger partial charge is 0.128 e. The standard InChI is InChI=1S/C17H22N2/c1-3-14-19(17-12-8-9-13-18-17)16(4-2)15-10-6-5-7-11-15/h5-13,16H,3-4,14H2,1-2H3. The first-order chi connectivity index (χ1) is 9.36. The molecule has 1 aromatic heterocycles. The van der Waals surface area contributed by atoms with Crippen molar-refractivity contribution in [3.8, 4) is 0 Å². The van der Waals surface area contributed by atoms with Crippen LogP contribution in [-0.2, 0) is 0 Å². The van der Waals surface area contributed by atoms with Gasteiger partial charge in [0.05, 0.1) is 6.04 Å². The van der Waals surface area contributed by atoms with Crippen molar-refractivity contribution < 1.29 is 0 Å². The van der Waals surface area contributed by atoms with E-state index in [9.17, 15) is 0 Å². The molecule has 1 unspecified atom stereocenters. The summed E-state index contributed by atoms with van der Waals surface area (Å²) in [7, 11) is 0. The molecule has 0 amide bonds. The van der Waals surface area contributed by atoms with Gasteiger partial charge in [0.1, 0.15) is 5.82 Å². The van der Waals surface area contributed by atoms with E-state index in [1.807, 2.05) is 12.3 Å². The summed E-state index contributed by atoms with van der Waals surface area (Å²) in [6.45, 7) is 5.49. The summed E-state index contributed by atoms with van der Waals surface area (Å²) < 4.78 is 0. The quantitative estimate of drug-likeness (QED) is 0.757. The molecule has 2 nitrogen and oxygen atoms in total. The number of pyridine rings is 1. The second-order valence-electron chi connectivity index (χ2n) is 4.72. The van der Waals surface area contributed by atoms with E-state index in [4.69, 9.17) is 0 Å². The Morgan fingerprint density at radius 3 is 2.32 bits per heavy atom. The zero-order valence-electron chi connectivity index (χ0n) is 11.8. The third kappa shape index (κ3) is 3.34. The molecule has 1 atom stereocenters. The lowest BCUT2D eigenvalue weighted by molar-refractivity contribution is 0.590. The maximum atomic E-state index is 4.52. The summed E-state index contributed by atoms with van der Waals surface area (Å²) in [4.78, 5) is 6.93. The minimum atomic E-state index is 0.399. The van der Waals surface area contributed by atoms with Crippen LogP contribution in [0.1, 0.15) is 38.3 Å². The Hall–Kier alpha value is -1.83. The third-order valence-corrected chi connectivity index (χ3v) is 3.36. The van der Waals surface area contributed by atoms with E-state index in [0.29, 0.717) is 6.04 Å². The molecule has 1 aromatic carbocycles. The van der Waals surface area contributed by atoms with Crippen LogP contribution in [0.4, 0.5) is 5.82 Å². The van der Waals surface area contributed by atoms with Gasteiger partial charge in [-0.2, -0.15) is 0 Å². The number of hydrogen-bond acceptors (Lipinski definition) is 2. The highest BCUT2D eigenvalue weighted by Crippen LogP contribution is 2.28. The van der Waals surface area contributed by atoms with Gasteiger partial charge < -0.3 is 4.90 Å². The number of rotatable bonds is 6. The van der Waals surface area contributed by atoms with Crippen LogP contribution in [0, 0.1) is 0 Å². The molecule has 0 bridgehead atoms. The van der Waals surface area contributed by atoms with Crippen molar-refractivity contribution in [2.45, 2.75) is 32.7 Å². The number of aromatic nitrogens is 1. The van der Waals surface area contributed by atoms with Gasteiger partial charge in [0, 0.05) is 12.7 Å². The topological polar surface area (TPSA) is 16.1 Å². The minimum Gasteiger partial charge on any atom is -0.350 e. The summed E-state index contributed by atoms with van der Waals surface area (Å²) in [6.07, 6.45) is 4.08. The second-order valence-corrected chi connectivity index (χ2v) is 4.72. The number of benzene rings is 1. The molecule has 0 aliphatic heterocycles. The normalized spacial score (nSPS) is 12.1. The lowest BCUT2D eigenvalue weighted by Crippen LogP contribution is -2.29. The van der Waals surface area contributed by atoms with Gasteiger partial charge in [-0.25, -0.2) is 4.98 Å². The maximum absolute atomic E-state index is 4.52. The fourth-order valence-corrected chi connectivity index (χ4v) is 2.51.